The predicted octanol–water partition coefficient (Wildman–Crippen LogP) is 3.56. The molecule has 1 aromatic heterocycles. The molecular formula is C25H24N4O4S. The second-order valence-electron chi connectivity index (χ2n) is 8.06. The van der Waals surface area contributed by atoms with E-state index in [4.69, 9.17) is 4.74 Å². The fourth-order valence-electron chi connectivity index (χ4n) is 4.09. The summed E-state index contributed by atoms with van der Waals surface area (Å²) in [6.45, 7) is 3.22. The molecular weight excluding hydrogens is 452 g/mol. The van der Waals surface area contributed by atoms with Gasteiger partial charge in [0.2, 0.25) is 10.0 Å². The molecule has 0 atom stereocenters. The summed E-state index contributed by atoms with van der Waals surface area (Å²) in [4.78, 5) is 22.5. The fourth-order valence-corrected chi connectivity index (χ4v) is 5.14. The van der Waals surface area contributed by atoms with Crippen LogP contribution in [0, 0.1) is 0 Å². The summed E-state index contributed by atoms with van der Waals surface area (Å²) >= 11 is 0. The molecule has 0 aliphatic carbocycles. The van der Waals surface area contributed by atoms with Crippen molar-refractivity contribution >= 4 is 27.0 Å². The lowest BCUT2D eigenvalue weighted by Crippen LogP contribution is -2.32. The van der Waals surface area contributed by atoms with E-state index in [2.05, 4.69) is 14.7 Å². The van der Waals surface area contributed by atoms with Crippen LogP contribution in [-0.4, -0.2) is 48.9 Å². The minimum Gasteiger partial charge on any atom is -0.491 e. The normalized spacial score (nSPS) is 13.9. The zero-order valence-corrected chi connectivity index (χ0v) is 19.4. The minimum absolute atomic E-state index is 0.134. The number of nitrogens with one attached hydrogen (secondary N) is 2. The predicted molar refractivity (Wildman–Crippen MR) is 129 cm³/mol. The summed E-state index contributed by atoms with van der Waals surface area (Å²) in [6, 6.07) is 18.1. The van der Waals surface area contributed by atoms with Gasteiger partial charge in [-0.15, -0.1) is 0 Å². The number of carbonyl (C=O) groups is 1. The number of aromatic nitrogens is 2. The molecule has 1 aliphatic rings. The molecule has 1 amide bonds. The van der Waals surface area contributed by atoms with Crippen LogP contribution in [0.4, 0.5) is 0 Å². The molecule has 3 aromatic carbocycles. The molecule has 4 aromatic rings. The number of carbonyl (C=O) groups excluding carboxylic acids is 1. The Morgan fingerprint density at radius 2 is 1.85 bits per heavy atom. The largest absolute Gasteiger partial charge is 0.491 e. The van der Waals surface area contributed by atoms with Crippen LogP contribution < -0.4 is 9.46 Å². The van der Waals surface area contributed by atoms with Crippen LogP contribution in [0.5, 0.6) is 5.75 Å². The third kappa shape index (κ3) is 4.27. The number of hydrogen-bond donors (Lipinski definition) is 2. The lowest BCUT2D eigenvalue weighted by Gasteiger charge is -2.20. The van der Waals surface area contributed by atoms with Crippen LogP contribution in [0.3, 0.4) is 0 Å². The maximum Gasteiger partial charge on any atom is 0.254 e. The van der Waals surface area contributed by atoms with Crippen molar-refractivity contribution in [2.24, 2.45) is 0 Å². The quantitative estimate of drug-likeness (QED) is 0.458. The standard InChI is InChI=1S/C25H24N4O4S/c1-2-28-34(31,32)21-7-3-17(4-8-21)25(30)29-11-12-33-24-10-6-18(13-20(24)15-29)19-5-9-22-23(14-19)27-16-26-22/h3-10,13-14,16,28H,2,11-12,15H2,1H3,(H,26,27). The summed E-state index contributed by atoms with van der Waals surface area (Å²) in [5.74, 6) is 0.585. The van der Waals surface area contributed by atoms with E-state index in [1.165, 1.54) is 12.1 Å². The molecule has 9 heteroatoms. The Balaban J connectivity index is 1.39. The summed E-state index contributed by atoms with van der Waals surface area (Å²) < 4.78 is 32.7. The Bertz CT molecular complexity index is 1460. The number of benzene rings is 3. The number of ether oxygens (including phenoxy) is 1. The summed E-state index contributed by atoms with van der Waals surface area (Å²) in [5.41, 5.74) is 5.27. The van der Waals surface area contributed by atoms with Crippen LogP contribution in [0.15, 0.2) is 71.9 Å². The number of imidazole rings is 1. The van der Waals surface area contributed by atoms with Crippen LogP contribution in [0.2, 0.25) is 0 Å². The zero-order valence-electron chi connectivity index (χ0n) is 18.6. The van der Waals surface area contributed by atoms with Gasteiger partial charge in [-0.2, -0.15) is 0 Å². The lowest BCUT2D eigenvalue weighted by atomic mass is 10.0. The van der Waals surface area contributed by atoms with E-state index in [1.54, 1.807) is 30.3 Å². The SMILES string of the molecule is CCNS(=O)(=O)c1ccc(C(=O)N2CCOc3ccc(-c4ccc5nc[nH]c5c4)cc3C2)cc1. The van der Waals surface area contributed by atoms with Gasteiger partial charge in [0, 0.05) is 24.2 Å². The monoisotopic (exact) mass is 476 g/mol. The maximum atomic E-state index is 13.2. The highest BCUT2D eigenvalue weighted by atomic mass is 32.2. The minimum atomic E-state index is -3.57. The highest BCUT2D eigenvalue weighted by Crippen LogP contribution is 2.31. The van der Waals surface area contributed by atoms with E-state index in [9.17, 15) is 13.2 Å². The van der Waals surface area contributed by atoms with E-state index < -0.39 is 10.0 Å². The number of H-pyrrole nitrogens is 1. The average molecular weight is 477 g/mol. The topological polar surface area (TPSA) is 104 Å². The van der Waals surface area contributed by atoms with E-state index in [-0.39, 0.29) is 10.8 Å². The van der Waals surface area contributed by atoms with Crippen molar-refractivity contribution in [3.8, 4) is 16.9 Å². The average Bonchev–Trinajstić information content (AvgIpc) is 3.21. The first-order valence-electron chi connectivity index (χ1n) is 11.0. The third-order valence-corrected chi connectivity index (χ3v) is 7.39. The van der Waals surface area contributed by atoms with Gasteiger partial charge in [-0.3, -0.25) is 4.79 Å². The Morgan fingerprint density at radius 3 is 2.65 bits per heavy atom. The highest BCUT2D eigenvalue weighted by molar-refractivity contribution is 7.89. The van der Waals surface area contributed by atoms with Crippen molar-refractivity contribution in [2.75, 3.05) is 19.7 Å². The van der Waals surface area contributed by atoms with E-state index >= 15 is 0 Å². The molecule has 0 bridgehead atoms. The molecule has 0 fully saturated rings. The second-order valence-corrected chi connectivity index (χ2v) is 9.82. The fraction of sp³-hybridized carbons (Fsp3) is 0.200. The zero-order chi connectivity index (χ0) is 23.7. The first-order valence-corrected chi connectivity index (χ1v) is 12.5. The molecule has 0 unspecified atom stereocenters. The van der Waals surface area contributed by atoms with Gasteiger partial charge in [-0.05, 0) is 59.7 Å². The first-order chi connectivity index (χ1) is 16.4. The molecule has 8 nitrogen and oxygen atoms in total. The highest BCUT2D eigenvalue weighted by Gasteiger charge is 2.22. The van der Waals surface area contributed by atoms with Gasteiger partial charge in [0.05, 0.1) is 28.8 Å². The molecule has 174 valence electrons. The van der Waals surface area contributed by atoms with E-state index in [0.717, 1.165) is 33.5 Å². The van der Waals surface area contributed by atoms with Crippen molar-refractivity contribution in [3.05, 3.63) is 78.1 Å². The summed E-state index contributed by atoms with van der Waals surface area (Å²) in [6.07, 6.45) is 1.67. The van der Waals surface area contributed by atoms with Crippen molar-refractivity contribution in [1.29, 1.82) is 0 Å². The van der Waals surface area contributed by atoms with Crippen molar-refractivity contribution < 1.29 is 17.9 Å². The number of amides is 1. The second kappa shape index (κ2) is 8.92. The van der Waals surface area contributed by atoms with Crippen molar-refractivity contribution in [3.63, 3.8) is 0 Å². The molecule has 34 heavy (non-hydrogen) atoms. The van der Waals surface area contributed by atoms with Crippen LogP contribution in [0.25, 0.3) is 22.2 Å². The van der Waals surface area contributed by atoms with Crippen LogP contribution in [0.1, 0.15) is 22.8 Å². The van der Waals surface area contributed by atoms with Gasteiger partial charge in [0.15, 0.2) is 0 Å². The lowest BCUT2D eigenvalue weighted by molar-refractivity contribution is 0.0733. The smallest absolute Gasteiger partial charge is 0.254 e. The number of rotatable bonds is 5. The van der Waals surface area contributed by atoms with Gasteiger partial charge < -0.3 is 14.6 Å². The maximum absolute atomic E-state index is 13.2. The number of fused-ring (bicyclic) bond motifs is 2. The Labute approximate surface area is 197 Å². The molecule has 0 saturated heterocycles. The molecule has 5 rings (SSSR count). The molecule has 0 spiro atoms. The van der Waals surface area contributed by atoms with Crippen LogP contribution in [-0.2, 0) is 16.6 Å². The van der Waals surface area contributed by atoms with Gasteiger partial charge in [0.1, 0.15) is 12.4 Å². The molecule has 1 aliphatic heterocycles. The van der Waals surface area contributed by atoms with Gasteiger partial charge in [-0.25, -0.2) is 18.1 Å². The summed E-state index contributed by atoms with van der Waals surface area (Å²) in [5, 5.41) is 0. The number of nitrogens with zero attached hydrogens (tertiary/aromatic N) is 2. The number of sulfonamides is 1. The molecule has 0 saturated carbocycles. The van der Waals surface area contributed by atoms with Gasteiger partial charge >= 0.3 is 0 Å². The number of hydrogen-bond acceptors (Lipinski definition) is 5. The van der Waals surface area contributed by atoms with Crippen LogP contribution >= 0.6 is 0 Å². The van der Waals surface area contributed by atoms with Crippen molar-refractivity contribution in [1.82, 2.24) is 19.6 Å². The third-order valence-electron chi connectivity index (χ3n) is 5.83. The summed E-state index contributed by atoms with van der Waals surface area (Å²) in [7, 11) is -3.57. The molecule has 2 heterocycles. The first kappa shape index (κ1) is 22.1. The van der Waals surface area contributed by atoms with Gasteiger partial charge in [0.25, 0.3) is 5.91 Å². The van der Waals surface area contributed by atoms with E-state index in [0.29, 0.717) is 31.8 Å². The van der Waals surface area contributed by atoms with E-state index in [1.807, 2.05) is 36.4 Å². The van der Waals surface area contributed by atoms with Crippen molar-refractivity contribution in [2.45, 2.75) is 18.4 Å². The number of aromatic amines is 1. The molecule has 0 radical (unpaired) electrons. The van der Waals surface area contributed by atoms with Gasteiger partial charge in [-0.1, -0.05) is 19.1 Å². The molecule has 2 N–H and O–H groups in total. The Morgan fingerprint density at radius 1 is 1.09 bits per heavy atom. The Kier molecular flexibility index (Phi) is 5.80. The Hall–Kier alpha value is -3.69.